The lowest BCUT2D eigenvalue weighted by atomic mass is 10.0. The van der Waals surface area contributed by atoms with Gasteiger partial charge in [0.1, 0.15) is 13.2 Å². The molecule has 0 bridgehead atoms. The molecule has 0 aliphatic carbocycles. The first-order chi connectivity index (χ1) is 30.1. The Morgan fingerprint density at radius 3 is 0.694 bits per heavy atom. The molecule has 0 amide bonds. The molecule has 0 rings (SSSR count). The van der Waals surface area contributed by atoms with Gasteiger partial charge in [-0.15, -0.1) is 0 Å². The van der Waals surface area contributed by atoms with Gasteiger partial charge < -0.3 is 14.2 Å². The molecule has 0 saturated carbocycles. The van der Waals surface area contributed by atoms with E-state index >= 15 is 0 Å². The van der Waals surface area contributed by atoms with Crippen molar-refractivity contribution in [3.05, 3.63) is 0 Å². The first-order valence-corrected chi connectivity index (χ1v) is 27.6. The van der Waals surface area contributed by atoms with Crippen molar-refractivity contribution in [2.75, 3.05) is 13.2 Å². The van der Waals surface area contributed by atoms with Gasteiger partial charge in [0.25, 0.3) is 0 Å². The van der Waals surface area contributed by atoms with E-state index in [1.807, 2.05) is 0 Å². The molecule has 0 spiro atoms. The fraction of sp³-hybridized carbons (Fsp3) is 0.946. The van der Waals surface area contributed by atoms with Crippen molar-refractivity contribution in [3.63, 3.8) is 0 Å². The minimum absolute atomic E-state index is 0.0640. The van der Waals surface area contributed by atoms with Crippen molar-refractivity contribution < 1.29 is 28.6 Å². The summed E-state index contributed by atoms with van der Waals surface area (Å²) in [5.41, 5.74) is 0. The van der Waals surface area contributed by atoms with Gasteiger partial charge in [0, 0.05) is 19.3 Å². The molecule has 6 heteroatoms. The molecule has 368 valence electrons. The van der Waals surface area contributed by atoms with Gasteiger partial charge >= 0.3 is 17.9 Å². The largest absolute Gasteiger partial charge is 0.462 e. The van der Waals surface area contributed by atoms with E-state index < -0.39 is 6.10 Å². The number of ether oxygens (including phenoxy) is 3. The van der Waals surface area contributed by atoms with Crippen LogP contribution >= 0.6 is 0 Å². The summed E-state index contributed by atoms with van der Waals surface area (Å²) in [5.74, 6) is 1.65. The van der Waals surface area contributed by atoms with Gasteiger partial charge in [-0.1, -0.05) is 266 Å². The SMILES string of the molecule is CC(C)CCCCCCCCCCCCCCC(=O)OC[C@@H](COC(=O)CCCCCCCCCCCCCC(C)C)OC(=O)CCCCCCCCCCCCCCC(C)C. The van der Waals surface area contributed by atoms with Crippen molar-refractivity contribution in [1.82, 2.24) is 0 Å². The van der Waals surface area contributed by atoms with Crippen LogP contribution in [0, 0.1) is 17.8 Å². The van der Waals surface area contributed by atoms with Gasteiger partial charge in [0.15, 0.2) is 6.10 Å². The molecule has 1 atom stereocenters. The van der Waals surface area contributed by atoms with Crippen LogP contribution in [0.15, 0.2) is 0 Å². The zero-order valence-electron chi connectivity index (χ0n) is 42.7. The van der Waals surface area contributed by atoms with E-state index in [2.05, 4.69) is 41.5 Å². The maximum absolute atomic E-state index is 12.8. The summed E-state index contributed by atoms with van der Waals surface area (Å²) < 4.78 is 16.9. The highest BCUT2D eigenvalue weighted by Gasteiger charge is 2.19. The average molecular weight is 877 g/mol. The first kappa shape index (κ1) is 60.4. The monoisotopic (exact) mass is 877 g/mol. The highest BCUT2D eigenvalue weighted by atomic mass is 16.6. The summed E-state index contributed by atoms with van der Waals surface area (Å²) in [6.07, 6.45) is 48.0. The molecule has 0 saturated heterocycles. The van der Waals surface area contributed by atoms with Crippen molar-refractivity contribution >= 4 is 17.9 Å². The Kier molecular flexibility index (Phi) is 46.2. The zero-order valence-corrected chi connectivity index (χ0v) is 42.7. The van der Waals surface area contributed by atoms with Crippen LogP contribution in [0.5, 0.6) is 0 Å². The molecule has 0 fully saturated rings. The maximum Gasteiger partial charge on any atom is 0.306 e. The molecule has 0 aromatic rings. The lowest BCUT2D eigenvalue weighted by Gasteiger charge is -2.18. The van der Waals surface area contributed by atoms with Gasteiger partial charge in [-0.05, 0) is 37.0 Å². The van der Waals surface area contributed by atoms with Crippen molar-refractivity contribution in [2.24, 2.45) is 17.8 Å². The van der Waals surface area contributed by atoms with Crippen LogP contribution in [0.2, 0.25) is 0 Å². The third-order valence-electron chi connectivity index (χ3n) is 12.6. The predicted octanol–water partition coefficient (Wildman–Crippen LogP) is 17.9. The van der Waals surface area contributed by atoms with Gasteiger partial charge in [0.2, 0.25) is 0 Å². The van der Waals surface area contributed by atoms with Gasteiger partial charge in [-0.3, -0.25) is 14.4 Å². The quantitative estimate of drug-likeness (QED) is 0.0344. The number of unbranched alkanes of at least 4 members (excludes halogenated alkanes) is 32. The van der Waals surface area contributed by atoms with Crippen molar-refractivity contribution in [3.8, 4) is 0 Å². The Morgan fingerprint density at radius 2 is 0.468 bits per heavy atom. The van der Waals surface area contributed by atoms with Crippen LogP contribution in [0.4, 0.5) is 0 Å². The Bertz CT molecular complexity index is 960. The molecular weight excluding hydrogens is 769 g/mol. The molecule has 0 radical (unpaired) electrons. The van der Waals surface area contributed by atoms with E-state index in [0.29, 0.717) is 19.3 Å². The van der Waals surface area contributed by atoms with Crippen LogP contribution in [0.3, 0.4) is 0 Å². The fourth-order valence-electron chi connectivity index (χ4n) is 8.47. The minimum Gasteiger partial charge on any atom is -0.462 e. The minimum atomic E-state index is -0.763. The van der Waals surface area contributed by atoms with E-state index in [1.54, 1.807) is 0 Å². The lowest BCUT2D eigenvalue weighted by molar-refractivity contribution is -0.167. The zero-order chi connectivity index (χ0) is 45.6. The van der Waals surface area contributed by atoms with Crippen LogP contribution in [0.1, 0.15) is 305 Å². The summed E-state index contributed by atoms with van der Waals surface area (Å²) in [6.45, 7) is 13.7. The number of esters is 3. The van der Waals surface area contributed by atoms with Gasteiger partial charge in [0.05, 0.1) is 0 Å². The topological polar surface area (TPSA) is 78.9 Å². The molecule has 0 aromatic carbocycles. The van der Waals surface area contributed by atoms with E-state index in [-0.39, 0.29) is 31.1 Å². The van der Waals surface area contributed by atoms with Crippen molar-refractivity contribution in [1.29, 1.82) is 0 Å². The predicted molar refractivity (Wildman–Crippen MR) is 266 cm³/mol. The van der Waals surface area contributed by atoms with E-state index in [4.69, 9.17) is 14.2 Å². The second kappa shape index (κ2) is 47.4. The molecule has 0 aliphatic heterocycles. The second-order valence-electron chi connectivity index (χ2n) is 20.6. The Hall–Kier alpha value is -1.59. The van der Waals surface area contributed by atoms with Crippen LogP contribution in [-0.2, 0) is 28.6 Å². The Balaban J connectivity index is 4.32. The number of rotatable bonds is 49. The van der Waals surface area contributed by atoms with Crippen molar-refractivity contribution in [2.45, 2.75) is 311 Å². The molecule has 0 aromatic heterocycles. The highest BCUT2D eigenvalue weighted by molar-refractivity contribution is 5.71. The van der Waals surface area contributed by atoms with E-state index in [1.165, 1.54) is 186 Å². The fourth-order valence-corrected chi connectivity index (χ4v) is 8.47. The molecule has 0 unspecified atom stereocenters. The normalized spacial score (nSPS) is 12.1. The Morgan fingerprint density at radius 1 is 0.274 bits per heavy atom. The van der Waals surface area contributed by atoms with E-state index in [0.717, 1.165) is 75.5 Å². The molecule has 0 N–H and O–H groups in total. The number of carbonyl (C=O) groups is 3. The third-order valence-corrected chi connectivity index (χ3v) is 12.6. The summed E-state index contributed by atoms with van der Waals surface area (Å²) >= 11 is 0. The van der Waals surface area contributed by atoms with Crippen LogP contribution in [-0.4, -0.2) is 37.2 Å². The lowest BCUT2D eigenvalue weighted by Crippen LogP contribution is -2.30. The van der Waals surface area contributed by atoms with E-state index in [9.17, 15) is 14.4 Å². The summed E-state index contributed by atoms with van der Waals surface area (Å²) in [5, 5.41) is 0. The molecule has 0 heterocycles. The van der Waals surface area contributed by atoms with Gasteiger partial charge in [-0.2, -0.15) is 0 Å². The number of carbonyl (C=O) groups excluding carboxylic acids is 3. The summed E-state index contributed by atoms with van der Waals surface area (Å²) in [4.78, 5) is 38.1. The average Bonchev–Trinajstić information content (AvgIpc) is 3.23. The highest BCUT2D eigenvalue weighted by Crippen LogP contribution is 2.18. The standard InChI is InChI=1S/C56H108O6/c1-50(2)42-36-30-24-18-12-7-9-15-21-27-33-39-45-54(57)60-48-53(49-61-55(58)46-40-34-28-22-17-11-14-20-26-32-38-44-52(5)6)62-56(59)47-41-35-29-23-16-10-8-13-19-25-31-37-43-51(3)4/h50-53H,7-49H2,1-6H3/t53-/m0/s1. The summed E-state index contributed by atoms with van der Waals surface area (Å²) in [6, 6.07) is 0. The smallest absolute Gasteiger partial charge is 0.306 e. The molecule has 0 aliphatic rings. The summed E-state index contributed by atoms with van der Waals surface area (Å²) in [7, 11) is 0. The molecule has 62 heavy (non-hydrogen) atoms. The molecular formula is C56H108O6. The number of hydrogen-bond acceptors (Lipinski definition) is 6. The second-order valence-corrected chi connectivity index (χ2v) is 20.6. The molecule has 6 nitrogen and oxygen atoms in total. The Labute approximate surface area is 387 Å². The maximum atomic E-state index is 12.8. The van der Waals surface area contributed by atoms with Gasteiger partial charge in [-0.25, -0.2) is 0 Å². The number of hydrogen-bond donors (Lipinski definition) is 0. The first-order valence-electron chi connectivity index (χ1n) is 27.6. The van der Waals surface area contributed by atoms with Crippen LogP contribution in [0.25, 0.3) is 0 Å². The van der Waals surface area contributed by atoms with Crippen LogP contribution < -0.4 is 0 Å². The third kappa shape index (κ3) is 49.4.